The Kier molecular flexibility index (Phi) is 4.21. The third kappa shape index (κ3) is 2.59. The van der Waals surface area contributed by atoms with E-state index in [0.29, 0.717) is 23.0 Å². The van der Waals surface area contributed by atoms with Crippen LogP contribution in [-0.2, 0) is 11.3 Å². The first-order valence-electron chi connectivity index (χ1n) is 7.21. The van der Waals surface area contributed by atoms with E-state index >= 15 is 0 Å². The van der Waals surface area contributed by atoms with Gasteiger partial charge in [0.2, 0.25) is 0 Å². The molecule has 0 radical (unpaired) electrons. The quantitative estimate of drug-likeness (QED) is 0.673. The molecule has 0 aliphatic heterocycles. The van der Waals surface area contributed by atoms with Gasteiger partial charge in [0, 0.05) is 15.3 Å². The Morgan fingerprint density at radius 3 is 2.63 bits per heavy atom. The summed E-state index contributed by atoms with van der Waals surface area (Å²) in [6.07, 6.45) is 8.28. The lowest BCUT2D eigenvalue weighted by Crippen LogP contribution is -2.56. The summed E-state index contributed by atoms with van der Waals surface area (Å²) < 4.78 is 6.19. The molecule has 1 nitrogen and oxygen atoms in total. The van der Waals surface area contributed by atoms with Crippen LogP contribution in [0.2, 0.25) is 5.02 Å². The zero-order valence-electron chi connectivity index (χ0n) is 11.1. The van der Waals surface area contributed by atoms with E-state index < -0.39 is 0 Å². The topological polar surface area (TPSA) is 9.23 Å². The van der Waals surface area contributed by atoms with Crippen molar-refractivity contribution in [2.24, 2.45) is 5.41 Å². The smallest absolute Gasteiger partial charge is 0.0735 e. The Morgan fingerprint density at radius 2 is 1.95 bits per heavy atom. The number of benzene rings is 1. The van der Waals surface area contributed by atoms with E-state index in [0.717, 1.165) is 17.0 Å². The van der Waals surface area contributed by atoms with Crippen LogP contribution in [0.5, 0.6) is 0 Å². The van der Waals surface area contributed by atoms with Gasteiger partial charge in [0.1, 0.15) is 0 Å². The Bertz CT molecular complexity index is 442. The average molecular weight is 344 g/mol. The summed E-state index contributed by atoms with van der Waals surface area (Å²) in [6, 6.07) is 7.98. The van der Waals surface area contributed by atoms with Crippen molar-refractivity contribution in [2.75, 3.05) is 0 Å². The number of rotatable bonds is 3. The van der Waals surface area contributed by atoms with Gasteiger partial charge in [0.25, 0.3) is 0 Å². The van der Waals surface area contributed by atoms with Crippen molar-refractivity contribution in [1.29, 1.82) is 0 Å². The molecule has 2 aliphatic rings. The predicted molar refractivity (Wildman–Crippen MR) is 82.9 cm³/mol. The van der Waals surface area contributed by atoms with Crippen LogP contribution in [0.1, 0.15) is 44.1 Å². The summed E-state index contributed by atoms with van der Waals surface area (Å²) in [5, 5.41) is 0.815. The van der Waals surface area contributed by atoms with Crippen molar-refractivity contribution in [1.82, 2.24) is 0 Å². The molecule has 3 rings (SSSR count). The lowest BCUT2D eigenvalue weighted by atomic mass is 9.58. The molecule has 0 N–H and O–H groups in total. The third-order valence-electron chi connectivity index (χ3n) is 4.87. The highest BCUT2D eigenvalue weighted by atomic mass is 79.9. The summed E-state index contributed by atoms with van der Waals surface area (Å²) in [5.74, 6) is 0. The van der Waals surface area contributed by atoms with Crippen molar-refractivity contribution in [2.45, 2.75) is 56.1 Å². The Morgan fingerprint density at radius 1 is 1.21 bits per heavy atom. The summed E-state index contributed by atoms with van der Waals surface area (Å²) in [6.45, 7) is 0.645. The number of alkyl halides is 1. The molecule has 0 bridgehead atoms. The standard InChI is InChI=1S/C16H20BrClO/c17-14-10-15(16(14)8-4-1-5-9-16)19-11-12-6-2-3-7-13(12)18/h2-3,6-7,14-15H,1,4-5,8-11H2. The molecule has 2 fully saturated rings. The van der Waals surface area contributed by atoms with Crippen LogP contribution in [0.3, 0.4) is 0 Å². The first-order valence-corrected chi connectivity index (χ1v) is 8.51. The van der Waals surface area contributed by atoms with Gasteiger partial charge in [-0.25, -0.2) is 0 Å². The maximum atomic E-state index is 6.19. The van der Waals surface area contributed by atoms with Crippen LogP contribution in [0.25, 0.3) is 0 Å². The average Bonchev–Trinajstić information content (AvgIpc) is 2.46. The first-order chi connectivity index (χ1) is 9.22. The Hall–Kier alpha value is -0.0500. The maximum absolute atomic E-state index is 6.19. The van der Waals surface area contributed by atoms with Crippen molar-refractivity contribution in [3.05, 3.63) is 34.9 Å². The molecule has 0 aromatic heterocycles. The van der Waals surface area contributed by atoms with Crippen molar-refractivity contribution in [3.63, 3.8) is 0 Å². The molecule has 2 unspecified atom stereocenters. The van der Waals surface area contributed by atoms with E-state index in [-0.39, 0.29) is 0 Å². The molecular weight excluding hydrogens is 324 g/mol. The summed E-state index contributed by atoms with van der Waals surface area (Å²) in [7, 11) is 0. The highest BCUT2D eigenvalue weighted by molar-refractivity contribution is 9.09. The fourth-order valence-electron chi connectivity index (χ4n) is 3.58. The largest absolute Gasteiger partial charge is 0.373 e. The Labute approximate surface area is 128 Å². The van der Waals surface area contributed by atoms with Gasteiger partial charge in [-0.2, -0.15) is 0 Å². The van der Waals surface area contributed by atoms with Crippen LogP contribution >= 0.6 is 27.5 Å². The second-order valence-electron chi connectivity index (χ2n) is 5.89. The molecule has 0 saturated heterocycles. The highest BCUT2D eigenvalue weighted by Crippen LogP contribution is 2.56. The molecule has 0 heterocycles. The maximum Gasteiger partial charge on any atom is 0.0735 e. The van der Waals surface area contributed by atoms with E-state index in [1.165, 1.54) is 32.1 Å². The predicted octanol–water partition coefficient (Wildman–Crippen LogP) is 5.34. The number of hydrogen-bond donors (Lipinski definition) is 0. The minimum atomic E-state index is 0.402. The third-order valence-corrected chi connectivity index (χ3v) is 6.52. The molecular formula is C16H20BrClO. The molecule has 2 aliphatic carbocycles. The summed E-state index contributed by atoms with van der Waals surface area (Å²) >= 11 is 10.0. The number of hydrogen-bond acceptors (Lipinski definition) is 1. The monoisotopic (exact) mass is 342 g/mol. The van der Waals surface area contributed by atoms with Gasteiger partial charge < -0.3 is 4.74 Å². The van der Waals surface area contributed by atoms with Gasteiger partial charge in [-0.05, 0) is 30.9 Å². The molecule has 2 saturated carbocycles. The lowest BCUT2D eigenvalue weighted by Gasteiger charge is -2.55. The van der Waals surface area contributed by atoms with E-state index in [1.807, 2.05) is 18.2 Å². The zero-order chi connectivity index (χ0) is 13.3. The fraction of sp³-hybridized carbons (Fsp3) is 0.625. The molecule has 3 heteroatoms. The van der Waals surface area contributed by atoms with Crippen LogP contribution in [-0.4, -0.2) is 10.9 Å². The van der Waals surface area contributed by atoms with Crippen molar-refractivity contribution in [3.8, 4) is 0 Å². The van der Waals surface area contributed by atoms with E-state index in [2.05, 4.69) is 22.0 Å². The lowest BCUT2D eigenvalue weighted by molar-refractivity contribution is -0.127. The first kappa shape index (κ1) is 13.9. The molecule has 0 amide bonds. The molecule has 2 atom stereocenters. The summed E-state index contributed by atoms with van der Waals surface area (Å²) in [4.78, 5) is 0.650. The Balaban J connectivity index is 1.63. The normalized spacial score (nSPS) is 29.2. The second kappa shape index (κ2) is 5.75. The van der Waals surface area contributed by atoms with Gasteiger partial charge in [0.15, 0.2) is 0 Å². The highest BCUT2D eigenvalue weighted by Gasteiger charge is 2.54. The minimum Gasteiger partial charge on any atom is -0.373 e. The van der Waals surface area contributed by atoms with E-state index in [4.69, 9.17) is 16.3 Å². The van der Waals surface area contributed by atoms with Crippen LogP contribution in [0, 0.1) is 5.41 Å². The fourth-order valence-corrected chi connectivity index (χ4v) is 4.87. The second-order valence-corrected chi connectivity index (χ2v) is 7.40. The van der Waals surface area contributed by atoms with E-state index in [9.17, 15) is 0 Å². The molecule has 1 spiro atoms. The minimum absolute atomic E-state index is 0.402. The van der Waals surface area contributed by atoms with Crippen LogP contribution < -0.4 is 0 Å². The van der Waals surface area contributed by atoms with E-state index in [1.54, 1.807) is 0 Å². The van der Waals surface area contributed by atoms with Crippen molar-refractivity contribution >= 4 is 27.5 Å². The molecule has 1 aromatic rings. The molecule has 1 aromatic carbocycles. The van der Waals surface area contributed by atoms with Gasteiger partial charge in [-0.1, -0.05) is 65.0 Å². The zero-order valence-corrected chi connectivity index (χ0v) is 13.4. The van der Waals surface area contributed by atoms with Crippen LogP contribution in [0.15, 0.2) is 24.3 Å². The molecule has 104 valence electrons. The van der Waals surface area contributed by atoms with Gasteiger partial charge >= 0.3 is 0 Å². The van der Waals surface area contributed by atoms with Gasteiger partial charge in [-0.3, -0.25) is 0 Å². The summed E-state index contributed by atoms with van der Waals surface area (Å²) in [5.41, 5.74) is 1.51. The van der Waals surface area contributed by atoms with Crippen LogP contribution in [0.4, 0.5) is 0 Å². The SMILES string of the molecule is Clc1ccccc1COC1CC(Br)C12CCCCC2. The van der Waals surface area contributed by atoms with Gasteiger partial charge in [-0.15, -0.1) is 0 Å². The number of halogens is 2. The van der Waals surface area contributed by atoms with Gasteiger partial charge in [0.05, 0.1) is 12.7 Å². The van der Waals surface area contributed by atoms with Crippen molar-refractivity contribution < 1.29 is 4.74 Å². The molecule has 19 heavy (non-hydrogen) atoms. The number of ether oxygens (including phenoxy) is 1.